The first-order valence-corrected chi connectivity index (χ1v) is 7.41. The minimum atomic E-state index is -0.627. The Balaban J connectivity index is 2.27. The second-order valence-electron chi connectivity index (χ2n) is 3.82. The molecule has 0 aliphatic carbocycles. The van der Waals surface area contributed by atoms with Crippen molar-refractivity contribution >= 4 is 39.1 Å². The Morgan fingerprint density at radius 2 is 1.90 bits per heavy atom. The molecule has 2 aromatic rings. The summed E-state index contributed by atoms with van der Waals surface area (Å²) in [5.74, 6) is -0.474. The van der Waals surface area contributed by atoms with Gasteiger partial charge in [-0.15, -0.1) is 4.98 Å². The van der Waals surface area contributed by atoms with Crippen LogP contribution < -0.4 is 9.47 Å². The Morgan fingerprint density at radius 1 is 1.19 bits per heavy atom. The maximum Gasteiger partial charge on any atom is 0.329 e. The zero-order chi connectivity index (χ0) is 15.4. The van der Waals surface area contributed by atoms with E-state index >= 15 is 0 Å². The van der Waals surface area contributed by atoms with Gasteiger partial charge in [0, 0.05) is 6.07 Å². The largest absolute Gasteiger partial charge is 0.463 e. The molecule has 9 heteroatoms. The van der Waals surface area contributed by atoms with E-state index in [0.717, 1.165) is 12.5 Å². The minimum Gasteiger partial charge on any atom is -0.463 e. The number of nitrogens with zero attached hydrogens (tertiary/aromatic N) is 3. The summed E-state index contributed by atoms with van der Waals surface area (Å²) in [5.41, 5.74) is 0. The third-order valence-electron chi connectivity index (χ3n) is 2.18. The molecule has 0 unspecified atom stereocenters. The highest BCUT2D eigenvalue weighted by Crippen LogP contribution is 2.33. The van der Waals surface area contributed by atoms with E-state index < -0.39 is 5.82 Å². The van der Waals surface area contributed by atoms with Gasteiger partial charge in [0.15, 0.2) is 0 Å². The molecule has 5 nitrogen and oxygen atoms in total. The lowest BCUT2D eigenvalue weighted by Gasteiger charge is -2.08. The molecule has 21 heavy (non-hydrogen) atoms. The Hall–Kier alpha value is -1.18. The van der Waals surface area contributed by atoms with Gasteiger partial charge in [-0.2, -0.15) is 9.97 Å². The van der Waals surface area contributed by atoms with E-state index in [9.17, 15) is 4.39 Å². The van der Waals surface area contributed by atoms with E-state index in [1.54, 1.807) is 0 Å². The Morgan fingerprint density at radius 3 is 2.62 bits per heavy atom. The Labute approximate surface area is 138 Å². The third kappa shape index (κ3) is 4.39. The molecular formula is C12H9BrCl2FN3O2. The molecule has 0 aliphatic rings. The molecule has 0 radical (unpaired) electrons. The maximum atomic E-state index is 13.5. The quantitative estimate of drug-likeness (QED) is 0.687. The van der Waals surface area contributed by atoms with Crippen molar-refractivity contribution in [3.63, 3.8) is 0 Å². The average molecular weight is 397 g/mol. The molecule has 0 saturated heterocycles. The summed E-state index contributed by atoms with van der Waals surface area (Å²) in [6.07, 6.45) is 0.785. The predicted octanol–water partition coefficient (Wildman–Crippen LogP) is 4.66. The van der Waals surface area contributed by atoms with Gasteiger partial charge in [0.2, 0.25) is 5.28 Å². The normalized spacial score (nSPS) is 10.5. The van der Waals surface area contributed by atoms with Crippen LogP contribution in [-0.2, 0) is 0 Å². The van der Waals surface area contributed by atoms with Gasteiger partial charge in [-0.3, -0.25) is 0 Å². The van der Waals surface area contributed by atoms with Crippen molar-refractivity contribution in [2.75, 3.05) is 6.61 Å². The van der Waals surface area contributed by atoms with E-state index in [4.69, 9.17) is 32.7 Å². The molecule has 0 bridgehead atoms. The summed E-state index contributed by atoms with van der Waals surface area (Å²) < 4.78 is 24.5. The van der Waals surface area contributed by atoms with Gasteiger partial charge in [0.1, 0.15) is 11.6 Å². The zero-order valence-corrected chi connectivity index (χ0v) is 13.8. The molecule has 0 atom stereocenters. The van der Waals surface area contributed by atoms with Crippen LogP contribution in [-0.4, -0.2) is 21.6 Å². The fourth-order valence-corrected chi connectivity index (χ4v) is 2.16. The van der Waals surface area contributed by atoms with Gasteiger partial charge >= 0.3 is 12.0 Å². The number of halogens is 4. The van der Waals surface area contributed by atoms with Crippen LogP contribution >= 0.6 is 39.1 Å². The van der Waals surface area contributed by atoms with E-state index in [0.29, 0.717) is 11.1 Å². The SMILES string of the molecule is CCCOc1nc(Cl)nc(Oc2cc(F)c(Cl)cc2Br)n1. The van der Waals surface area contributed by atoms with Crippen LogP contribution in [0.2, 0.25) is 10.3 Å². The van der Waals surface area contributed by atoms with Crippen LogP contribution in [0.4, 0.5) is 4.39 Å². The number of hydrogen-bond donors (Lipinski definition) is 0. The lowest BCUT2D eigenvalue weighted by Crippen LogP contribution is -2.03. The molecule has 0 aliphatic heterocycles. The number of hydrogen-bond acceptors (Lipinski definition) is 5. The van der Waals surface area contributed by atoms with Crippen molar-refractivity contribution in [2.45, 2.75) is 13.3 Å². The number of aromatic nitrogens is 3. The lowest BCUT2D eigenvalue weighted by atomic mass is 10.3. The van der Waals surface area contributed by atoms with Gasteiger partial charge in [0.05, 0.1) is 16.1 Å². The van der Waals surface area contributed by atoms with E-state index in [1.165, 1.54) is 6.07 Å². The number of rotatable bonds is 5. The van der Waals surface area contributed by atoms with Crippen LogP contribution in [0.3, 0.4) is 0 Å². The second kappa shape index (κ2) is 7.20. The summed E-state index contributed by atoms with van der Waals surface area (Å²) in [7, 11) is 0. The van der Waals surface area contributed by atoms with Crippen LogP contribution in [0.5, 0.6) is 17.8 Å². The van der Waals surface area contributed by atoms with E-state index in [1.807, 2.05) is 6.92 Å². The van der Waals surface area contributed by atoms with Gasteiger partial charge in [-0.25, -0.2) is 4.39 Å². The highest BCUT2D eigenvalue weighted by molar-refractivity contribution is 9.10. The highest BCUT2D eigenvalue weighted by atomic mass is 79.9. The maximum absolute atomic E-state index is 13.5. The lowest BCUT2D eigenvalue weighted by molar-refractivity contribution is 0.284. The van der Waals surface area contributed by atoms with Gasteiger partial charge in [0.25, 0.3) is 0 Å². The van der Waals surface area contributed by atoms with Crippen molar-refractivity contribution in [1.29, 1.82) is 0 Å². The van der Waals surface area contributed by atoms with E-state index in [2.05, 4.69) is 30.9 Å². The van der Waals surface area contributed by atoms with Gasteiger partial charge in [-0.05, 0) is 40.0 Å². The summed E-state index contributed by atoms with van der Waals surface area (Å²) in [4.78, 5) is 11.5. The van der Waals surface area contributed by atoms with Crippen molar-refractivity contribution < 1.29 is 13.9 Å². The molecule has 0 N–H and O–H groups in total. The topological polar surface area (TPSA) is 57.1 Å². The van der Waals surface area contributed by atoms with Crippen LogP contribution in [0.25, 0.3) is 0 Å². The number of ether oxygens (including phenoxy) is 2. The van der Waals surface area contributed by atoms with Gasteiger partial charge < -0.3 is 9.47 Å². The summed E-state index contributed by atoms with van der Waals surface area (Å²) in [6.45, 7) is 2.37. The van der Waals surface area contributed by atoms with Crippen molar-refractivity contribution in [3.8, 4) is 17.8 Å². The number of benzene rings is 1. The Bertz CT molecular complexity index is 661. The first-order chi connectivity index (χ1) is 9.99. The summed E-state index contributed by atoms with van der Waals surface area (Å²) in [6, 6.07) is 2.40. The molecule has 1 heterocycles. The molecule has 0 amide bonds. The standard InChI is InChI=1S/C12H9BrCl2FN3O2/c1-2-3-20-11-17-10(15)18-12(19-11)21-9-5-8(16)7(14)4-6(9)13/h4-5H,2-3H2,1H3. The third-order valence-corrected chi connectivity index (χ3v) is 3.26. The molecular weight excluding hydrogens is 388 g/mol. The summed E-state index contributed by atoms with van der Waals surface area (Å²) >= 11 is 14.6. The molecule has 1 aromatic heterocycles. The van der Waals surface area contributed by atoms with E-state index in [-0.39, 0.29) is 28.1 Å². The van der Waals surface area contributed by atoms with Crippen LogP contribution in [0.15, 0.2) is 16.6 Å². The monoisotopic (exact) mass is 395 g/mol. The summed E-state index contributed by atoms with van der Waals surface area (Å²) in [5, 5.41) is -0.119. The van der Waals surface area contributed by atoms with Crippen molar-refractivity contribution in [2.24, 2.45) is 0 Å². The van der Waals surface area contributed by atoms with Crippen LogP contribution in [0.1, 0.15) is 13.3 Å². The molecule has 2 rings (SSSR count). The molecule has 0 spiro atoms. The first-order valence-electron chi connectivity index (χ1n) is 5.86. The van der Waals surface area contributed by atoms with Crippen molar-refractivity contribution in [1.82, 2.24) is 15.0 Å². The first kappa shape index (κ1) is 16.2. The molecule has 0 fully saturated rings. The Kier molecular flexibility index (Phi) is 5.55. The minimum absolute atomic E-state index is 0.0325. The molecule has 0 saturated carbocycles. The van der Waals surface area contributed by atoms with Crippen molar-refractivity contribution in [3.05, 3.63) is 32.7 Å². The molecule has 112 valence electrons. The van der Waals surface area contributed by atoms with Crippen LogP contribution in [0, 0.1) is 5.82 Å². The fourth-order valence-electron chi connectivity index (χ4n) is 1.30. The molecule has 1 aromatic carbocycles. The fraction of sp³-hybridized carbons (Fsp3) is 0.250. The van der Waals surface area contributed by atoms with Gasteiger partial charge in [-0.1, -0.05) is 18.5 Å². The second-order valence-corrected chi connectivity index (χ2v) is 5.42. The smallest absolute Gasteiger partial charge is 0.329 e. The highest BCUT2D eigenvalue weighted by Gasteiger charge is 2.13. The zero-order valence-electron chi connectivity index (χ0n) is 10.7. The average Bonchev–Trinajstić information content (AvgIpc) is 2.42. The predicted molar refractivity (Wildman–Crippen MR) is 79.8 cm³/mol.